The van der Waals surface area contributed by atoms with E-state index in [-0.39, 0.29) is 5.69 Å². The van der Waals surface area contributed by atoms with Crippen LogP contribution in [0.3, 0.4) is 0 Å². The average molecular weight is 254 g/mol. The van der Waals surface area contributed by atoms with Gasteiger partial charge in [-0.15, -0.1) is 0 Å². The molecule has 12 heavy (non-hydrogen) atoms. The van der Waals surface area contributed by atoms with Crippen molar-refractivity contribution in [3.8, 4) is 0 Å². The molecule has 66 valence electrons. The number of halogens is 2. The summed E-state index contributed by atoms with van der Waals surface area (Å²) in [6.45, 7) is 0. The van der Waals surface area contributed by atoms with Gasteiger partial charge in [-0.1, -0.05) is 6.07 Å². The van der Waals surface area contributed by atoms with E-state index in [1.54, 1.807) is 0 Å². The molecule has 0 saturated heterocycles. The van der Waals surface area contributed by atoms with Crippen LogP contribution in [0, 0.1) is 5.82 Å². The molecule has 0 spiro atoms. The van der Waals surface area contributed by atoms with Crippen molar-refractivity contribution in [3.05, 3.63) is 30.1 Å². The molecule has 0 aliphatic rings. The largest absolute Gasteiger partial charge is 0.289 e. The van der Waals surface area contributed by atoms with Crippen LogP contribution in [-0.4, -0.2) is 8.76 Å². The first-order valence-electron chi connectivity index (χ1n) is 2.93. The molecule has 0 saturated carbocycles. The summed E-state index contributed by atoms with van der Waals surface area (Å²) in [4.78, 5) is 0. The van der Waals surface area contributed by atoms with Crippen LogP contribution in [0.25, 0.3) is 0 Å². The molecule has 1 aromatic rings. The highest BCUT2D eigenvalue weighted by molar-refractivity contribution is 9.11. The zero-order chi connectivity index (χ0) is 9.14. The Kier molecular flexibility index (Phi) is 3.19. The maximum Gasteiger partial charge on any atom is 0.272 e. The Balaban J connectivity index is 2.95. The Hall–Kier alpha value is -0.460. The molecule has 1 N–H and O–H groups in total. The molecule has 0 aliphatic carbocycles. The third kappa shape index (κ3) is 2.26. The van der Waals surface area contributed by atoms with Crippen molar-refractivity contribution in [2.24, 2.45) is 0 Å². The van der Waals surface area contributed by atoms with Crippen molar-refractivity contribution in [1.82, 2.24) is 0 Å². The van der Waals surface area contributed by atoms with Gasteiger partial charge in [-0.3, -0.25) is 4.55 Å². The minimum atomic E-state index is -2.19. The van der Waals surface area contributed by atoms with Gasteiger partial charge in [0.15, 0.2) is 0 Å². The van der Waals surface area contributed by atoms with E-state index in [2.05, 4.69) is 16.1 Å². The van der Waals surface area contributed by atoms with Gasteiger partial charge in [-0.2, -0.15) is 0 Å². The van der Waals surface area contributed by atoms with Crippen LogP contribution in [-0.2, 0) is 11.3 Å². The molecule has 3 nitrogen and oxygen atoms in total. The van der Waals surface area contributed by atoms with E-state index in [0.29, 0.717) is 0 Å². The van der Waals surface area contributed by atoms with E-state index in [0.717, 1.165) is 9.40 Å². The van der Waals surface area contributed by atoms with Crippen LogP contribution in [0.4, 0.5) is 10.1 Å². The summed E-state index contributed by atoms with van der Waals surface area (Å²) < 4.78 is 32.5. The highest BCUT2D eigenvalue weighted by atomic mass is 79.9. The van der Waals surface area contributed by atoms with Crippen molar-refractivity contribution in [2.45, 2.75) is 0 Å². The Bertz CT molecular complexity index is 309. The lowest BCUT2D eigenvalue weighted by molar-refractivity contribution is 0.567. The first-order chi connectivity index (χ1) is 5.61. The molecule has 0 heterocycles. The van der Waals surface area contributed by atoms with Gasteiger partial charge in [0.2, 0.25) is 0 Å². The third-order valence-electron chi connectivity index (χ3n) is 1.15. The molecule has 0 radical (unpaired) electrons. The van der Waals surface area contributed by atoms with E-state index in [1.807, 2.05) is 0 Å². The second-order valence-electron chi connectivity index (χ2n) is 1.96. The van der Waals surface area contributed by atoms with Gasteiger partial charge in [-0.25, -0.2) is 11.9 Å². The third-order valence-corrected chi connectivity index (χ3v) is 2.79. The quantitative estimate of drug-likeness (QED) is 0.648. The van der Waals surface area contributed by atoms with Crippen molar-refractivity contribution >= 4 is 33.1 Å². The number of anilines is 1. The Labute approximate surface area is 79.9 Å². The van der Waals surface area contributed by atoms with Gasteiger partial charge in [-0.05, 0) is 18.2 Å². The standard InChI is InChI=1S/C6H5BrFNO2S/c7-9(12(10)11)6-3-1-2-5(8)4-6/h1-4H,(H,10,11). The highest BCUT2D eigenvalue weighted by Gasteiger charge is 2.08. The normalized spacial score (nSPS) is 12.6. The number of hydrogen-bond acceptors (Lipinski definition) is 1. The SMILES string of the molecule is O=S(O)N(Br)c1cccc(F)c1. The second-order valence-corrected chi connectivity index (χ2v) is 3.96. The van der Waals surface area contributed by atoms with Gasteiger partial charge in [0, 0.05) is 0 Å². The molecule has 1 unspecified atom stereocenters. The van der Waals surface area contributed by atoms with Gasteiger partial charge < -0.3 is 0 Å². The fourth-order valence-corrected chi connectivity index (χ4v) is 1.19. The smallest absolute Gasteiger partial charge is 0.272 e. The molecule has 0 aliphatic heterocycles. The van der Waals surface area contributed by atoms with Crippen LogP contribution in [0.1, 0.15) is 0 Å². The second kappa shape index (κ2) is 3.97. The van der Waals surface area contributed by atoms with E-state index in [4.69, 9.17) is 4.55 Å². The fraction of sp³-hybridized carbons (Fsp3) is 0. The molecule has 0 fully saturated rings. The summed E-state index contributed by atoms with van der Waals surface area (Å²) in [5.41, 5.74) is 0.288. The highest BCUT2D eigenvalue weighted by Crippen LogP contribution is 2.19. The molecule has 0 aromatic heterocycles. The lowest BCUT2D eigenvalue weighted by Crippen LogP contribution is -2.11. The molecule has 0 bridgehead atoms. The van der Waals surface area contributed by atoms with Gasteiger partial charge in [0.1, 0.15) is 5.82 Å². The van der Waals surface area contributed by atoms with E-state index in [9.17, 15) is 8.60 Å². The fourth-order valence-electron chi connectivity index (χ4n) is 0.676. The monoisotopic (exact) mass is 253 g/mol. The lowest BCUT2D eigenvalue weighted by Gasteiger charge is -2.09. The van der Waals surface area contributed by atoms with E-state index < -0.39 is 17.1 Å². The van der Waals surface area contributed by atoms with Crippen LogP contribution in [0.5, 0.6) is 0 Å². The molecule has 1 aromatic carbocycles. The maximum atomic E-state index is 12.6. The zero-order valence-corrected chi connectivity index (χ0v) is 8.18. The maximum absolute atomic E-state index is 12.6. The van der Waals surface area contributed by atoms with E-state index >= 15 is 0 Å². The molecule has 6 heteroatoms. The van der Waals surface area contributed by atoms with Crippen molar-refractivity contribution in [1.29, 1.82) is 0 Å². The Morgan fingerprint density at radius 2 is 2.25 bits per heavy atom. The van der Waals surface area contributed by atoms with Crippen molar-refractivity contribution in [2.75, 3.05) is 3.33 Å². The molecule has 1 atom stereocenters. The first-order valence-corrected chi connectivity index (χ1v) is 4.71. The topological polar surface area (TPSA) is 40.5 Å². The molecular formula is C6H5BrFNO2S. The van der Waals surface area contributed by atoms with Crippen LogP contribution < -0.4 is 3.33 Å². The number of rotatable bonds is 2. The summed E-state index contributed by atoms with van der Waals surface area (Å²) in [6, 6.07) is 5.35. The summed E-state index contributed by atoms with van der Waals surface area (Å²) in [5.74, 6) is -0.456. The summed E-state index contributed by atoms with van der Waals surface area (Å²) in [7, 11) is 0. The molecular weight excluding hydrogens is 249 g/mol. The number of nitrogens with zero attached hydrogens (tertiary/aromatic N) is 1. The van der Waals surface area contributed by atoms with Crippen LogP contribution >= 0.6 is 16.1 Å². The predicted octanol–water partition coefficient (Wildman–Crippen LogP) is 2.08. The number of hydrogen-bond donors (Lipinski definition) is 1. The van der Waals surface area contributed by atoms with Gasteiger partial charge in [0.25, 0.3) is 11.3 Å². The molecule has 1 rings (SSSR count). The predicted molar refractivity (Wildman–Crippen MR) is 48.6 cm³/mol. The van der Waals surface area contributed by atoms with Crippen molar-refractivity contribution < 1.29 is 13.2 Å². The minimum absolute atomic E-state index is 0.288. The first kappa shape index (κ1) is 9.63. The summed E-state index contributed by atoms with van der Waals surface area (Å²) in [5, 5.41) is 0. The Morgan fingerprint density at radius 3 is 2.75 bits per heavy atom. The van der Waals surface area contributed by atoms with Crippen molar-refractivity contribution in [3.63, 3.8) is 0 Å². The zero-order valence-electron chi connectivity index (χ0n) is 5.78. The van der Waals surface area contributed by atoms with E-state index in [1.165, 1.54) is 18.2 Å². The van der Waals surface area contributed by atoms with Crippen LogP contribution in [0.15, 0.2) is 24.3 Å². The summed E-state index contributed by atoms with van der Waals surface area (Å²) >= 11 is 0.615. The van der Waals surface area contributed by atoms with Gasteiger partial charge >= 0.3 is 0 Å². The molecule has 0 amide bonds. The Morgan fingerprint density at radius 1 is 1.58 bits per heavy atom. The summed E-state index contributed by atoms with van der Waals surface area (Å²) in [6.07, 6.45) is 0. The lowest BCUT2D eigenvalue weighted by atomic mass is 10.3. The van der Waals surface area contributed by atoms with Crippen LogP contribution in [0.2, 0.25) is 0 Å². The van der Waals surface area contributed by atoms with Gasteiger partial charge in [0.05, 0.1) is 21.8 Å². The minimum Gasteiger partial charge on any atom is -0.289 e. The number of benzene rings is 1. The average Bonchev–Trinajstić information content (AvgIpc) is 2.03.